The number of amides is 1. The van der Waals surface area contributed by atoms with Crippen molar-refractivity contribution in [3.8, 4) is 0 Å². The van der Waals surface area contributed by atoms with Crippen LogP contribution in [0, 0.1) is 13.8 Å². The number of benzene rings is 2. The maximum Gasteiger partial charge on any atom is 0.272 e. The number of nitrogens with zero attached hydrogens (tertiary/aromatic N) is 2. The van der Waals surface area contributed by atoms with E-state index in [1.807, 2.05) is 55.5 Å². The maximum absolute atomic E-state index is 12.9. The summed E-state index contributed by atoms with van der Waals surface area (Å²) in [5.74, 6) is 0.284. The van der Waals surface area contributed by atoms with E-state index in [9.17, 15) is 9.59 Å². The van der Waals surface area contributed by atoms with Gasteiger partial charge in [0.2, 0.25) is 5.91 Å². The number of hydrogen-bond acceptors (Lipinski definition) is 4. The summed E-state index contributed by atoms with van der Waals surface area (Å²) in [4.78, 5) is 29.9. The second-order valence-electron chi connectivity index (χ2n) is 6.24. The van der Waals surface area contributed by atoms with Gasteiger partial charge in [0.15, 0.2) is 0 Å². The molecular formula is C20H17N3O2S. The SMILES string of the molecule is Cc1ccc(NC(=O)Cn2c(C)nc3c(sc4ccccc43)c2=O)cc1. The third-order valence-electron chi connectivity index (χ3n) is 4.31. The fourth-order valence-electron chi connectivity index (χ4n) is 2.95. The van der Waals surface area contributed by atoms with E-state index in [0.717, 1.165) is 15.6 Å². The van der Waals surface area contributed by atoms with E-state index in [2.05, 4.69) is 10.3 Å². The molecule has 0 aliphatic carbocycles. The van der Waals surface area contributed by atoms with Gasteiger partial charge in [-0.15, -0.1) is 11.3 Å². The number of aromatic nitrogens is 2. The lowest BCUT2D eigenvalue weighted by molar-refractivity contribution is -0.116. The van der Waals surface area contributed by atoms with Gasteiger partial charge in [-0.25, -0.2) is 4.98 Å². The van der Waals surface area contributed by atoms with Crippen molar-refractivity contribution in [3.63, 3.8) is 0 Å². The lowest BCUT2D eigenvalue weighted by Crippen LogP contribution is -2.29. The average Bonchev–Trinajstić information content (AvgIpc) is 2.99. The van der Waals surface area contributed by atoms with Crippen molar-refractivity contribution in [3.05, 3.63) is 70.3 Å². The minimum Gasteiger partial charge on any atom is -0.325 e. The molecule has 0 radical (unpaired) electrons. The molecule has 1 amide bonds. The molecular weight excluding hydrogens is 346 g/mol. The van der Waals surface area contributed by atoms with Crippen LogP contribution in [0.2, 0.25) is 0 Å². The first-order valence-electron chi connectivity index (χ1n) is 8.28. The van der Waals surface area contributed by atoms with Crippen LogP contribution in [-0.2, 0) is 11.3 Å². The van der Waals surface area contributed by atoms with Gasteiger partial charge in [0.1, 0.15) is 17.1 Å². The Balaban J connectivity index is 1.70. The average molecular weight is 363 g/mol. The highest BCUT2D eigenvalue weighted by Crippen LogP contribution is 2.30. The molecule has 0 fully saturated rings. The summed E-state index contributed by atoms with van der Waals surface area (Å²) in [6.45, 7) is 3.68. The Morgan fingerprint density at radius 1 is 1.12 bits per heavy atom. The summed E-state index contributed by atoms with van der Waals surface area (Å²) < 4.78 is 3.04. The van der Waals surface area contributed by atoms with Crippen LogP contribution < -0.4 is 10.9 Å². The molecule has 26 heavy (non-hydrogen) atoms. The zero-order valence-corrected chi connectivity index (χ0v) is 15.3. The Hall–Kier alpha value is -2.99. The molecule has 2 aromatic carbocycles. The quantitative estimate of drug-likeness (QED) is 0.601. The van der Waals surface area contributed by atoms with Gasteiger partial charge in [0.25, 0.3) is 5.56 Å². The van der Waals surface area contributed by atoms with Gasteiger partial charge in [0, 0.05) is 15.8 Å². The van der Waals surface area contributed by atoms with Crippen LogP contribution in [0.1, 0.15) is 11.4 Å². The highest BCUT2D eigenvalue weighted by molar-refractivity contribution is 7.25. The molecule has 4 aromatic rings. The highest BCUT2D eigenvalue weighted by atomic mass is 32.1. The van der Waals surface area contributed by atoms with E-state index >= 15 is 0 Å². The molecule has 0 atom stereocenters. The molecule has 2 heterocycles. The van der Waals surface area contributed by atoms with Crippen molar-refractivity contribution in [1.82, 2.24) is 9.55 Å². The summed E-state index contributed by atoms with van der Waals surface area (Å²) in [5, 5.41) is 3.80. The van der Waals surface area contributed by atoms with Gasteiger partial charge >= 0.3 is 0 Å². The van der Waals surface area contributed by atoms with Gasteiger partial charge in [-0.05, 0) is 32.0 Å². The van der Waals surface area contributed by atoms with E-state index in [1.54, 1.807) is 6.92 Å². The van der Waals surface area contributed by atoms with Gasteiger partial charge in [0.05, 0.1) is 5.52 Å². The van der Waals surface area contributed by atoms with E-state index in [0.29, 0.717) is 21.7 Å². The Morgan fingerprint density at radius 3 is 2.62 bits per heavy atom. The first-order valence-corrected chi connectivity index (χ1v) is 9.10. The first kappa shape index (κ1) is 16.5. The summed E-state index contributed by atoms with van der Waals surface area (Å²) >= 11 is 1.42. The van der Waals surface area contributed by atoms with Gasteiger partial charge in [-0.2, -0.15) is 0 Å². The zero-order valence-electron chi connectivity index (χ0n) is 14.4. The summed E-state index contributed by atoms with van der Waals surface area (Å²) in [6, 6.07) is 15.4. The maximum atomic E-state index is 12.9. The minimum absolute atomic E-state index is 0.0598. The van der Waals surface area contributed by atoms with Crippen molar-refractivity contribution in [2.75, 3.05) is 5.32 Å². The molecule has 6 heteroatoms. The smallest absolute Gasteiger partial charge is 0.272 e. The van der Waals surface area contributed by atoms with Crippen molar-refractivity contribution in [1.29, 1.82) is 0 Å². The van der Waals surface area contributed by atoms with Gasteiger partial charge in [-0.3, -0.25) is 14.2 Å². The van der Waals surface area contributed by atoms with Crippen LogP contribution in [0.5, 0.6) is 0 Å². The molecule has 130 valence electrons. The molecule has 0 aliphatic heterocycles. The Kier molecular flexibility index (Phi) is 4.05. The predicted molar refractivity (Wildman–Crippen MR) is 106 cm³/mol. The molecule has 5 nitrogen and oxygen atoms in total. The number of hydrogen-bond donors (Lipinski definition) is 1. The number of aryl methyl sites for hydroxylation is 2. The summed E-state index contributed by atoms with van der Waals surface area (Å²) in [5.41, 5.74) is 2.37. The molecule has 0 saturated heterocycles. The van der Waals surface area contributed by atoms with Gasteiger partial charge < -0.3 is 5.32 Å². The van der Waals surface area contributed by atoms with Crippen LogP contribution in [0.15, 0.2) is 53.3 Å². The lowest BCUT2D eigenvalue weighted by Gasteiger charge is -2.10. The minimum atomic E-state index is -0.249. The molecule has 0 bridgehead atoms. The molecule has 0 aliphatic rings. The number of nitrogens with one attached hydrogen (secondary N) is 1. The van der Waals surface area contributed by atoms with E-state index < -0.39 is 0 Å². The molecule has 4 rings (SSSR count). The Bertz CT molecular complexity index is 1190. The number of fused-ring (bicyclic) bond motifs is 3. The van der Waals surface area contributed by atoms with Gasteiger partial charge in [-0.1, -0.05) is 35.9 Å². The standard InChI is InChI=1S/C20H17N3O2S/c1-12-7-9-14(10-8-12)22-17(24)11-23-13(2)21-18-15-5-3-4-6-16(15)26-19(18)20(23)25/h3-10H,11H2,1-2H3,(H,22,24). The third kappa shape index (κ3) is 2.88. The monoisotopic (exact) mass is 363 g/mol. The fourth-order valence-corrected chi connectivity index (χ4v) is 4.04. The Morgan fingerprint density at radius 2 is 1.85 bits per heavy atom. The van der Waals surface area contributed by atoms with E-state index in [1.165, 1.54) is 15.9 Å². The van der Waals surface area contributed by atoms with Crippen LogP contribution in [0.3, 0.4) is 0 Å². The van der Waals surface area contributed by atoms with Crippen molar-refractivity contribution >= 4 is 43.2 Å². The van der Waals surface area contributed by atoms with Crippen molar-refractivity contribution < 1.29 is 4.79 Å². The van der Waals surface area contributed by atoms with Crippen LogP contribution in [-0.4, -0.2) is 15.5 Å². The Labute approximate surface area is 153 Å². The molecule has 0 unspecified atom stereocenters. The molecule has 0 saturated carbocycles. The zero-order chi connectivity index (χ0) is 18.3. The van der Waals surface area contributed by atoms with Crippen molar-refractivity contribution in [2.24, 2.45) is 0 Å². The number of carbonyl (C=O) groups is 1. The number of anilines is 1. The number of carbonyl (C=O) groups excluding carboxylic acids is 1. The van der Waals surface area contributed by atoms with Crippen molar-refractivity contribution in [2.45, 2.75) is 20.4 Å². The van der Waals surface area contributed by atoms with Crippen LogP contribution >= 0.6 is 11.3 Å². The summed E-state index contributed by atoms with van der Waals surface area (Å²) in [7, 11) is 0. The second kappa shape index (κ2) is 6.38. The lowest BCUT2D eigenvalue weighted by atomic mass is 10.2. The predicted octanol–water partition coefficient (Wildman–Crippen LogP) is 3.87. The third-order valence-corrected chi connectivity index (χ3v) is 5.46. The van der Waals surface area contributed by atoms with E-state index in [4.69, 9.17) is 0 Å². The van der Waals surface area contributed by atoms with Crippen LogP contribution in [0.4, 0.5) is 5.69 Å². The molecule has 2 aromatic heterocycles. The highest BCUT2D eigenvalue weighted by Gasteiger charge is 2.15. The first-order chi connectivity index (χ1) is 12.5. The van der Waals surface area contributed by atoms with E-state index in [-0.39, 0.29) is 18.0 Å². The number of thiophene rings is 1. The molecule has 0 spiro atoms. The molecule has 1 N–H and O–H groups in total. The topological polar surface area (TPSA) is 64.0 Å². The number of rotatable bonds is 3. The second-order valence-corrected chi connectivity index (χ2v) is 7.29. The van der Waals surface area contributed by atoms with Crippen LogP contribution in [0.25, 0.3) is 20.3 Å². The summed E-state index contributed by atoms with van der Waals surface area (Å²) in [6.07, 6.45) is 0. The fraction of sp³-hybridized carbons (Fsp3) is 0.150. The largest absolute Gasteiger partial charge is 0.325 e. The normalized spacial score (nSPS) is 11.2.